The highest BCUT2D eigenvalue weighted by Gasteiger charge is 2.48. The third-order valence-electron chi connectivity index (χ3n) is 4.17. The van der Waals surface area contributed by atoms with Crippen LogP contribution in [0.1, 0.15) is 33.1 Å². The topological polar surface area (TPSA) is 38.5 Å². The molecule has 3 nitrogen and oxygen atoms in total. The van der Waals surface area contributed by atoms with Gasteiger partial charge in [-0.25, -0.2) is 0 Å². The van der Waals surface area contributed by atoms with Crippen molar-refractivity contribution in [2.24, 2.45) is 17.1 Å². The lowest BCUT2D eigenvalue weighted by Gasteiger charge is -2.52. The summed E-state index contributed by atoms with van der Waals surface area (Å²) in [7, 11) is 2.22. The predicted molar refractivity (Wildman–Crippen MR) is 66.4 cm³/mol. The van der Waals surface area contributed by atoms with E-state index in [0.29, 0.717) is 5.41 Å². The van der Waals surface area contributed by atoms with Gasteiger partial charge in [0.25, 0.3) is 0 Å². The van der Waals surface area contributed by atoms with Gasteiger partial charge in [-0.2, -0.15) is 0 Å². The second-order valence-corrected chi connectivity index (χ2v) is 6.60. The summed E-state index contributed by atoms with van der Waals surface area (Å²) >= 11 is 0. The first-order chi connectivity index (χ1) is 7.41. The fourth-order valence-corrected chi connectivity index (χ4v) is 3.37. The fraction of sp³-hybridized carbons (Fsp3) is 1.00. The van der Waals surface area contributed by atoms with E-state index in [9.17, 15) is 0 Å². The summed E-state index contributed by atoms with van der Waals surface area (Å²) in [4.78, 5) is 2.43. The van der Waals surface area contributed by atoms with Crippen LogP contribution in [0.3, 0.4) is 0 Å². The lowest BCUT2D eigenvalue weighted by molar-refractivity contribution is -0.165. The number of hydrogen-bond acceptors (Lipinski definition) is 3. The van der Waals surface area contributed by atoms with Gasteiger partial charge in [0.05, 0.1) is 13.2 Å². The zero-order chi connectivity index (χ0) is 11.8. The molecule has 0 aromatic rings. The maximum atomic E-state index is 6.20. The normalized spacial score (nSPS) is 27.8. The molecule has 2 fully saturated rings. The molecular weight excluding hydrogens is 200 g/mol. The van der Waals surface area contributed by atoms with Gasteiger partial charge in [-0.05, 0) is 59.2 Å². The Bertz CT molecular complexity index is 235. The van der Waals surface area contributed by atoms with Gasteiger partial charge >= 0.3 is 0 Å². The van der Waals surface area contributed by atoms with Gasteiger partial charge in [0.2, 0.25) is 0 Å². The largest absolute Gasteiger partial charge is 0.380 e. The van der Waals surface area contributed by atoms with Crippen molar-refractivity contribution in [3.8, 4) is 0 Å². The molecule has 0 aliphatic carbocycles. The summed E-state index contributed by atoms with van der Waals surface area (Å²) in [6.07, 6.45) is 3.74. The molecule has 0 aromatic heterocycles. The van der Waals surface area contributed by atoms with E-state index in [-0.39, 0.29) is 5.54 Å². The van der Waals surface area contributed by atoms with Crippen LogP contribution in [0.15, 0.2) is 0 Å². The molecule has 0 aromatic carbocycles. The quantitative estimate of drug-likeness (QED) is 0.792. The third kappa shape index (κ3) is 2.58. The molecule has 2 N–H and O–H groups in total. The second kappa shape index (κ2) is 4.28. The number of nitrogens with zero attached hydrogens (tertiary/aromatic N) is 1. The van der Waals surface area contributed by atoms with Gasteiger partial charge < -0.3 is 15.4 Å². The molecule has 2 aliphatic rings. The van der Waals surface area contributed by atoms with Crippen molar-refractivity contribution < 1.29 is 4.74 Å². The van der Waals surface area contributed by atoms with Crippen LogP contribution in [0.25, 0.3) is 0 Å². The smallest absolute Gasteiger partial charge is 0.0548 e. The average Bonchev–Trinajstić information content (AvgIpc) is 2.11. The Morgan fingerprint density at radius 1 is 1.31 bits per heavy atom. The molecule has 0 radical (unpaired) electrons. The van der Waals surface area contributed by atoms with E-state index >= 15 is 0 Å². The molecule has 0 saturated carbocycles. The number of rotatable bonds is 3. The number of nitrogens with two attached hydrogens (primary N) is 1. The average molecular weight is 226 g/mol. The molecule has 94 valence electrons. The van der Waals surface area contributed by atoms with Crippen LogP contribution in [0, 0.1) is 11.3 Å². The van der Waals surface area contributed by atoms with E-state index in [4.69, 9.17) is 10.5 Å². The molecule has 2 rings (SSSR count). The summed E-state index contributed by atoms with van der Waals surface area (Å²) < 4.78 is 5.50. The highest BCUT2D eigenvalue weighted by atomic mass is 16.5. The van der Waals surface area contributed by atoms with Gasteiger partial charge in [-0.15, -0.1) is 0 Å². The summed E-state index contributed by atoms with van der Waals surface area (Å²) in [6, 6.07) is 0. The molecule has 3 heteroatoms. The summed E-state index contributed by atoms with van der Waals surface area (Å²) in [5.74, 6) is 0.820. The zero-order valence-corrected chi connectivity index (χ0v) is 11.0. The van der Waals surface area contributed by atoms with E-state index in [1.165, 1.54) is 25.9 Å². The molecule has 0 bridgehead atoms. The standard InChI is InChI=1S/C13H26N2O/c1-12(2,14)8-13(9-16-10-13)11-4-6-15(3)7-5-11/h11H,4-10,14H2,1-3H3. The molecule has 0 spiro atoms. The number of ether oxygens (including phenoxy) is 1. The zero-order valence-electron chi connectivity index (χ0n) is 11.0. The van der Waals surface area contributed by atoms with Crippen molar-refractivity contribution >= 4 is 0 Å². The third-order valence-corrected chi connectivity index (χ3v) is 4.17. The Labute approximate surface area is 99.3 Å². The Morgan fingerprint density at radius 3 is 2.25 bits per heavy atom. The van der Waals surface area contributed by atoms with Crippen LogP contribution in [0.5, 0.6) is 0 Å². The van der Waals surface area contributed by atoms with Gasteiger partial charge in [-0.3, -0.25) is 0 Å². The molecule has 2 saturated heterocycles. The second-order valence-electron chi connectivity index (χ2n) is 6.60. The van der Waals surface area contributed by atoms with Gasteiger partial charge in [0.15, 0.2) is 0 Å². The van der Waals surface area contributed by atoms with Crippen molar-refractivity contribution in [2.45, 2.75) is 38.6 Å². The Kier molecular flexibility index (Phi) is 3.30. The number of piperidine rings is 1. The molecule has 0 amide bonds. The maximum Gasteiger partial charge on any atom is 0.0548 e. The van der Waals surface area contributed by atoms with Gasteiger partial charge in [0, 0.05) is 11.0 Å². The van der Waals surface area contributed by atoms with Gasteiger partial charge in [0.1, 0.15) is 0 Å². The van der Waals surface area contributed by atoms with Crippen LogP contribution in [-0.2, 0) is 4.74 Å². The maximum absolute atomic E-state index is 6.20. The van der Waals surface area contributed by atoms with Crippen LogP contribution < -0.4 is 5.73 Å². The number of likely N-dealkylation sites (tertiary alicyclic amines) is 1. The molecule has 0 atom stereocenters. The van der Waals surface area contributed by atoms with Crippen LogP contribution in [0.2, 0.25) is 0 Å². The monoisotopic (exact) mass is 226 g/mol. The Morgan fingerprint density at radius 2 is 1.88 bits per heavy atom. The molecule has 16 heavy (non-hydrogen) atoms. The summed E-state index contributed by atoms with van der Waals surface area (Å²) in [6.45, 7) is 8.61. The summed E-state index contributed by atoms with van der Waals surface area (Å²) in [5.41, 5.74) is 6.53. The van der Waals surface area contributed by atoms with E-state index in [0.717, 1.165) is 25.6 Å². The van der Waals surface area contributed by atoms with Crippen molar-refractivity contribution in [1.29, 1.82) is 0 Å². The van der Waals surface area contributed by atoms with E-state index in [1.54, 1.807) is 0 Å². The highest BCUT2D eigenvalue weighted by Crippen LogP contribution is 2.46. The minimum atomic E-state index is -0.0624. The molecule has 2 heterocycles. The lowest BCUT2D eigenvalue weighted by Crippen LogP contribution is -2.56. The van der Waals surface area contributed by atoms with Crippen LogP contribution in [-0.4, -0.2) is 43.8 Å². The van der Waals surface area contributed by atoms with Gasteiger partial charge in [-0.1, -0.05) is 0 Å². The SMILES string of the molecule is CN1CCC(C2(CC(C)(C)N)COC2)CC1. The van der Waals surface area contributed by atoms with Crippen molar-refractivity contribution in [1.82, 2.24) is 4.90 Å². The van der Waals surface area contributed by atoms with E-state index in [1.807, 2.05) is 0 Å². The molecular formula is C13H26N2O. The van der Waals surface area contributed by atoms with E-state index < -0.39 is 0 Å². The van der Waals surface area contributed by atoms with Crippen molar-refractivity contribution in [3.63, 3.8) is 0 Å². The van der Waals surface area contributed by atoms with E-state index in [2.05, 4.69) is 25.8 Å². The lowest BCUT2D eigenvalue weighted by atomic mass is 9.64. The Hall–Kier alpha value is -0.120. The highest BCUT2D eigenvalue weighted by molar-refractivity contribution is 4.98. The first-order valence-corrected chi connectivity index (χ1v) is 6.47. The van der Waals surface area contributed by atoms with Crippen molar-refractivity contribution in [2.75, 3.05) is 33.4 Å². The number of hydrogen-bond donors (Lipinski definition) is 1. The van der Waals surface area contributed by atoms with Crippen LogP contribution in [0.4, 0.5) is 0 Å². The summed E-state index contributed by atoms with van der Waals surface area (Å²) in [5, 5.41) is 0. The van der Waals surface area contributed by atoms with Crippen molar-refractivity contribution in [3.05, 3.63) is 0 Å². The minimum absolute atomic E-state index is 0.0624. The first-order valence-electron chi connectivity index (χ1n) is 6.47. The predicted octanol–water partition coefficient (Wildman–Crippen LogP) is 1.47. The molecule has 2 aliphatic heterocycles. The minimum Gasteiger partial charge on any atom is -0.380 e. The fourth-order valence-electron chi connectivity index (χ4n) is 3.37. The Balaban J connectivity index is 1.98. The molecule has 0 unspecified atom stereocenters. The first kappa shape index (κ1) is 12.3. The van der Waals surface area contributed by atoms with Crippen LogP contribution >= 0.6 is 0 Å².